The van der Waals surface area contributed by atoms with Crippen molar-refractivity contribution >= 4 is 23.2 Å². The summed E-state index contributed by atoms with van der Waals surface area (Å²) in [7, 11) is 1.32. The van der Waals surface area contributed by atoms with Crippen molar-refractivity contribution in [2.75, 3.05) is 6.61 Å². The minimum atomic E-state index is -0.669. The Morgan fingerprint density at radius 1 is 1.33 bits per heavy atom. The molecule has 2 rings (SSSR count). The molecule has 0 amide bonds. The number of nitrogens with zero attached hydrogens (tertiary/aromatic N) is 4. The maximum atomic E-state index is 12.0. The molecule has 0 atom stereocenters. The van der Waals surface area contributed by atoms with E-state index in [9.17, 15) is 9.59 Å². The summed E-state index contributed by atoms with van der Waals surface area (Å²) < 4.78 is 6.96. The quantitative estimate of drug-likeness (QED) is 0.843. The minimum absolute atomic E-state index is 0.151. The molecule has 1 aromatic heterocycles. The fourth-order valence-corrected chi connectivity index (χ4v) is 2.06. The van der Waals surface area contributed by atoms with Crippen LogP contribution < -0.4 is 16.0 Å². The lowest BCUT2D eigenvalue weighted by Gasteiger charge is -2.11. The number of aromatic nitrogens is 3. The highest BCUT2D eigenvalue weighted by atomic mass is 35.5. The summed E-state index contributed by atoms with van der Waals surface area (Å²) in [6, 6.07) is 4.54. The third-order valence-electron chi connectivity index (χ3n) is 2.60. The van der Waals surface area contributed by atoms with Crippen LogP contribution in [0.3, 0.4) is 0 Å². The van der Waals surface area contributed by atoms with Gasteiger partial charge in [-0.25, -0.2) is 4.79 Å². The van der Waals surface area contributed by atoms with Gasteiger partial charge in [0, 0.05) is 13.1 Å². The van der Waals surface area contributed by atoms with Crippen LogP contribution in [-0.2, 0) is 7.05 Å². The van der Waals surface area contributed by atoms with Gasteiger partial charge in [-0.3, -0.25) is 9.36 Å². The van der Waals surface area contributed by atoms with Gasteiger partial charge in [-0.15, -0.1) is 0 Å². The Hall–Kier alpha value is -2.30. The minimum Gasteiger partial charge on any atom is -0.477 e. The number of nitriles is 1. The Balaban J connectivity index is 2.65. The van der Waals surface area contributed by atoms with E-state index in [1.165, 1.54) is 19.2 Å². The Bertz CT molecular complexity index is 851. The molecule has 0 saturated heterocycles. The summed E-state index contributed by atoms with van der Waals surface area (Å²) in [6.07, 6.45) is 0.988. The van der Waals surface area contributed by atoms with Gasteiger partial charge >= 0.3 is 5.69 Å². The molecular weight excluding hydrogens is 319 g/mol. The molecular formula is C12H8Cl2N4O3. The van der Waals surface area contributed by atoms with Crippen LogP contribution in [-0.4, -0.2) is 21.0 Å². The molecule has 0 radical (unpaired) electrons. The molecule has 0 unspecified atom stereocenters. The number of benzene rings is 1. The van der Waals surface area contributed by atoms with Crippen molar-refractivity contribution in [3.63, 3.8) is 0 Å². The van der Waals surface area contributed by atoms with Crippen LogP contribution in [0, 0.1) is 11.3 Å². The van der Waals surface area contributed by atoms with Crippen LogP contribution in [0.25, 0.3) is 5.69 Å². The second-order valence-electron chi connectivity index (χ2n) is 3.92. The highest BCUT2D eigenvalue weighted by molar-refractivity contribution is 6.36. The fraction of sp³-hybridized carbons (Fsp3) is 0.167. The zero-order valence-electron chi connectivity index (χ0n) is 10.7. The smallest absolute Gasteiger partial charge is 0.351 e. The average Bonchev–Trinajstić information content (AvgIpc) is 2.45. The first-order chi connectivity index (χ1) is 9.95. The van der Waals surface area contributed by atoms with Gasteiger partial charge in [0.1, 0.15) is 18.0 Å². The number of rotatable bonds is 3. The molecule has 0 aliphatic rings. The van der Waals surface area contributed by atoms with E-state index in [4.69, 9.17) is 33.2 Å². The van der Waals surface area contributed by atoms with E-state index in [0.717, 1.165) is 15.4 Å². The molecule has 0 aliphatic heterocycles. The van der Waals surface area contributed by atoms with Crippen LogP contribution in [0.1, 0.15) is 0 Å². The van der Waals surface area contributed by atoms with Crippen LogP contribution in [0.4, 0.5) is 0 Å². The number of hydrogen-bond acceptors (Lipinski definition) is 5. The Labute approximate surface area is 128 Å². The monoisotopic (exact) mass is 326 g/mol. The van der Waals surface area contributed by atoms with Crippen molar-refractivity contribution in [2.24, 2.45) is 7.05 Å². The van der Waals surface area contributed by atoms with Crippen LogP contribution in [0.15, 0.2) is 27.9 Å². The predicted octanol–water partition coefficient (Wildman–Crippen LogP) is 1.14. The highest BCUT2D eigenvalue weighted by Crippen LogP contribution is 2.32. The van der Waals surface area contributed by atoms with Crippen LogP contribution in [0.2, 0.25) is 10.0 Å². The lowest BCUT2D eigenvalue weighted by molar-refractivity contribution is 0.368. The van der Waals surface area contributed by atoms with Crippen molar-refractivity contribution in [1.29, 1.82) is 5.26 Å². The maximum Gasteiger partial charge on any atom is 0.351 e. The van der Waals surface area contributed by atoms with Crippen molar-refractivity contribution in [3.8, 4) is 17.5 Å². The number of halogens is 2. The molecule has 2 aromatic rings. The molecule has 0 spiro atoms. The first-order valence-electron chi connectivity index (χ1n) is 5.60. The summed E-state index contributed by atoms with van der Waals surface area (Å²) in [5, 5.41) is 12.6. The molecule has 21 heavy (non-hydrogen) atoms. The van der Waals surface area contributed by atoms with E-state index in [1.54, 1.807) is 6.07 Å². The molecule has 1 aromatic carbocycles. The summed E-state index contributed by atoms with van der Waals surface area (Å²) in [5.41, 5.74) is -1.02. The number of ether oxygens (including phenoxy) is 1. The zero-order valence-corrected chi connectivity index (χ0v) is 12.2. The topological polar surface area (TPSA) is 89.9 Å². The van der Waals surface area contributed by atoms with E-state index in [0.29, 0.717) is 0 Å². The first-order valence-corrected chi connectivity index (χ1v) is 6.36. The van der Waals surface area contributed by atoms with Gasteiger partial charge in [-0.2, -0.15) is 15.0 Å². The van der Waals surface area contributed by atoms with Gasteiger partial charge in [-0.05, 0) is 6.07 Å². The average molecular weight is 327 g/mol. The fourth-order valence-electron chi connectivity index (χ4n) is 1.55. The maximum absolute atomic E-state index is 12.0. The third-order valence-corrected chi connectivity index (χ3v) is 3.20. The van der Waals surface area contributed by atoms with Gasteiger partial charge in [0.15, 0.2) is 6.61 Å². The van der Waals surface area contributed by atoms with Crippen molar-refractivity contribution < 1.29 is 4.74 Å². The molecule has 0 aliphatic carbocycles. The Morgan fingerprint density at radius 3 is 2.71 bits per heavy atom. The predicted molar refractivity (Wildman–Crippen MR) is 76.2 cm³/mol. The molecule has 9 heteroatoms. The van der Waals surface area contributed by atoms with Crippen molar-refractivity contribution in [1.82, 2.24) is 14.3 Å². The van der Waals surface area contributed by atoms with Gasteiger partial charge in [0.05, 0.1) is 15.7 Å². The van der Waals surface area contributed by atoms with E-state index < -0.39 is 11.2 Å². The van der Waals surface area contributed by atoms with E-state index in [1.807, 2.05) is 0 Å². The van der Waals surface area contributed by atoms with Gasteiger partial charge < -0.3 is 4.74 Å². The Kier molecular flexibility index (Phi) is 4.31. The second-order valence-corrected chi connectivity index (χ2v) is 4.73. The molecule has 1 heterocycles. The molecule has 7 nitrogen and oxygen atoms in total. The molecule has 0 fully saturated rings. The standard InChI is InChI=1S/C12H8Cl2N4O3/c1-17-11(19)6-16-18(12(17)20)9-5-10(21-3-2-15)8(14)4-7(9)13/h4-6H,3H2,1H3. The van der Waals surface area contributed by atoms with Gasteiger partial charge in [-0.1, -0.05) is 23.2 Å². The Morgan fingerprint density at radius 2 is 2.05 bits per heavy atom. The molecule has 108 valence electrons. The number of hydrogen-bond donors (Lipinski definition) is 0. The first kappa shape index (κ1) is 15.1. The van der Waals surface area contributed by atoms with E-state index >= 15 is 0 Å². The largest absolute Gasteiger partial charge is 0.477 e. The van der Waals surface area contributed by atoms with Crippen LogP contribution in [0.5, 0.6) is 5.75 Å². The summed E-state index contributed by atoms with van der Waals surface area (Å²) in [5.74, 6) is 0.181. The lowest BCUT2D eigenvalue weighted by Crippen LogP contribution is -2.38. The highest BCUT2D eigenvalue weighted by Gasteiger charge is 2.13. The summed E-state index contributed by atoms with van der Waals surface area (Å²) >= 11 is 12.0. The second kappa shape index (κ2) is 5.99. The summed E-state index contributed by atoms with van der Waals surface area (Å²) in [6.45, 7) is -0.212. The zero-order chi connectivity index (χ0) is 15.6. The van der Waals surface area contributed by atoms with Crippen LogP contribution >= 0.6 is 23.2 Å². The molecule has 0 N–H and O–H groups in total. The lowest BCUT2D eigenvalue weighted by atomic mass is 10.3. The summed E-state index contributed by atoms with van der Waals surface area (Å²) in [4.78, 5) is 23.4. The van der Waals surface area contributed by atoms with E-state index in [2.05, 4.69) is 5.10 Å². The third kappa shape index (κ3) is 2.91. The van der Waals surface area contributed by atoms with Crippen molar-refractivity contribution in [2.45, 2.75) is 0 Å². The molecule has 0 saturated carbocycles. The van der Waals surface area contributed by atoms with Gasteiger partial charge in [0.2, 0.25) is 0 Å². The van der Waals surface area contributed by atoms with Crippen molar-refractivity contribution in [3.05, 3.63) is 49.2 Å². The normalized spacial score (nSPS) is 10.2. The SMILES string of the molecule is Cn1c(=O)cnn(-c2cc(OCC#N)c(Cl)cc2Cl)c1=O. The molecule has 0 bridgehead atoms. The van der Waals surface area contributed by atoms with E-state index in [-0.39, 0.29) is 28.1 Å². The van der Waals surface area contributed by atoms with Gasteiger partial charge in [0.25, 0.3) is 5.56 Å².